The van der Waals surface area contributed by atoms with Crippen molar-refractivity contribution in [1.82, 2.24) is 15.6 Å². The van der Waals surface area contributed by atoms with Crippen LogP contribution in [0.15, 0.2) is 24.5 Å². The van der Waals surface area contributed by atoms with Crippen molar-refractivity contribution < 1.29 is 4.79 Å². The van der Waals surface area contributed by atoms with Crippen LogP contribution in [0.3, 0.4) is 0 Å². The summed E-state index contributed by atoms with van der Waals surface area (Å²) in [6.45, 7) is 4.20. The standard InChI is InChI=1S/C15H23N3O/c1-12(14-6-9-16-10-7-14)18-15(19)5-4-13-3-2-8-17-11-13/h6-7,9-10,12-13,17H,2-5,8,11H2,1H3,(H,18,19)/t12-,13?/m0/s1. The Bertz CT molecular complexity index is 388. The lowest BCUT2D eigenvalue weighted by atomic mass is 9.94. The summed E-state index contributed by atoms with van der Waals surface area (Å²) >= 11 is 0. The van der Waals surface area contributed by atoms with Gasteiger partial charge in [0.15, 0.2) is 0 Å². The molecule has 1 amide bonds. The molecule has 2 heterocycles. The normalized spacial score (nSPS) is 20.8. The number of carbonyl (C=O) groups is 1. The van der Waals surface area contributed by atoms with Gasteiger partial charge in [0.2, 0.25) is 5.91 Å². The van der Waals surface area contributed by atoms with E-state index in [2.05, 4.69) is 15.6 Å². The number of piperidine rings is 1. The van der Waals surface area contributed by atoms with Crippen LogP contribution in [0.5, 0.6) is 0 Å². The summed E-state index contributed by atoms with van der Waals surface area (Å²) in [5.74, 6) is 0.811. The third-order valence-corrected chi connectivity index (χ3v) is 3.76. The highest BCUT2D eigenvalue weighted by atomic mass is 16.1. The Morgan fingerprint density at radius 1 is 1.53 bits per heavy atom. The molecule has 0 bridgehead atoms. The molecule has 1 aromatic heterocycles. The van der Waals surface area contributed by atoms with Crippen LogP contribution in [-0.4, -0.2) is 24.0 Å². The maximum absolute atomic E-state index is 11.9. The van der Waals surface area contributed by atoms with E-state index in [0.29, 0.717) is 12.3 Å². The number of aromatic nitrogens is 1. The fourth-order valence-electron chi connectivity index (χ4n) is 2.55. The molecule has 2 N–H and O–H groups in total. The van der Waals surface area contributed by atoms with Crippen molar-refractivity contribution in [3.05, 3.63) is 30.1 Å². The second-order valence-electron chi connectivity index (χ2n) is 5.32. The van der Waals surface area contributed by atoms with Gasteiger partial charge in [0, 0.05) is 18.8 Å². The van der Waals surface area contributed by atoms with Crippen LogP contribution in [-0.2, 0) is 4.79 Å². The first-order chi connectivity index (χ1) is 9.25. The Hall–Kier alpha value is -1.42. The van der Waals surface area contributed by atoms with Crippen molar-refractivity contribution >= 4 is 5.91 Å². The highest BCUT2D eigenvalue weighted by molar-refractivity contribution is 5.76. The van der Waals surface area contributed by atoms with Gasteiger partial charge in [-0.15, -0.1) is 0 Å². The molecule has 1 aliphatic rings. The van der Waals surface area contributed by atoms with Crippen LogP contribution in [0.25, 0.3) is 0 Å². The van der Waals surface area contributed by atoms with E-state index in [4.69, 9.17) is 0 Å². The molecule has 4 heteroatoms. The molecule has 4 nitrogen and oxygen atoms in total. The van der Waals surface area contributed by atoms with Gasteiger partial charge in [-0.1, -0.05) is 0 Å². The largest absolute Gasteiger partial charge is 0.350 e. The SMILES string of the molecule is C[C@H](NC(=O)CCC1CCCNC1)c1ccncc1. The zero-order chi connectivity index (χ0) is 13.5. The Morgan fingerprint density at radius 2 is 2.32 bits per heavy atom. The summed E-state index contributed by atoms with van der Waals surface area (Å²) in [5, 5.41) is 6.44. The molecule has 0 saturated carbocycles. The van der Waals surface area contributed by atoms with E-state index in [9.17, 15) is 4.79 Å². The minimum atomic E-state index is 0.0555. The van der Waals surface area contributed by atoms with Gasteiger partial charge in [-0.2, -0.15) is 0 Å². The summed E-state index contributed by atoms with van der Waals surface area (Å²) in [6, 6.07) is 3.94. The molecule has 1 unspecified atom stereocenters. The minimum absolute atomic E-state index is 0.0555. The average Bonchev–Trinajstić information content (AvgIpc) is 2.47. The molecule has 0 aromatic carbocycles. The Labute approximate surface area is 115 Å². The van der Waals surface area contributed by atoms with Gasteiger partial charge in [-0.05, 0) is 62.9 Å². The maximum Gasteiger partial charge on any atom is 0.220 e. The maximum atomic E-state index is 11.9. The highest BCUT2D eigenvalue weighted by Gasteiger charge is 2.15. The molecule has 2 atom stereocenters. The Balaban J connectivity index is 1.71. The van der Waals surface area contributed by atoms with Crippen LogP contribution in [0.1, 0.15) is 44.2 Å². The lowest BCUT2D eigenvalue weighted by Crippen LogP contribution is -2.31. The van der Waals surface area contributed by atoms with Crippen LogP contribution in [0.2, 0.25) is 0 Å². The second kappa shape index (κ2) is 7.24. The first-order valence-corrected chi connectivity index (χ1v) is 7.15. The molecule has 104 valence electrons. The fourth-order valence-corrected chi connectivity index (χ4v) is 2.55. The van der Waals surface area contributed by atoms with Crippen molar-refractivity contribution in [3.8, 4) is 0 Å². The topological polar surface area (TPSA) is 54.0 Å². The molecular weight excluding hydrogens is 238 g/mol. The summed E-state index contributed by atoms with van der Waals surface area (Å²) in [7, 11) is 0. The molecule has 19 heavy (non-hydrogen) atoms. The van der Waals surface area contributed by atoms with E-state index in [-0.39, 0.29) is 11.9 Å². The summed E-state index contributed by atoms with van der Waals surface area (Å²) in [6.07, 6.45) is 7.61. The van der Waals surface area contributed by atoms with Crippen molar-refractivity contribution in [2.75, 3.05) is 13.1 Å². The highest BCUT2D eigenvalue weighted by Crippen LogP contribution is 2.16. The quantitative estimate of drug-likeness (QED) is 0.853. The Morgan fingerprint density at radius 3 is 3.00 bits per heavy atom. The molecule has 1 fully saturated rings. The first-order valence-electron chi connectivity index (χ1n) is 7.15. The van der Waals surface area contributed by atoms with E-state index in [0.717, 1.165) is 25.1 Å². The van der Waals surface area contributed by atoms with Crippen molar-refractivity contribution in [2.45, 2.75) is 38.6 Å². The molecule has 0 radical (unpaired) electrons. The van der Waals surface area contributed by atoms with Gasteiger partial charge < -0.3 is 10.6 Å². The second-order valence-corrected chi connectivity index (χ2v) is 5.32. The third kappa shape index (κ3) is 4.63. The van der Waals surface area contributed by atoms with Gasteiger partial charge in [0.25, 0.3) is 0 Å². The predicted molar refractivity (Wildman–Crippen MR) is 75.6 cm³/mol. The lowest BCUT2D eigenvalue weighted by Gasteiger charge is -2.22. The monoisotopic (exact) mass is 261 g/mol. The number of hydrogen-bond acceptors (Lipinski definition) is 3. The van der Waals surface area contributed by atoms with Crippen LogP contribution in [0.4, 0.5) is 0 Å². The molecule has 1 aliphatic heterocycles. The van der Waals surface area contributed by atoms with E-state index in [1.54, 1.807) is 12.4 Å². The molecule has 0 spiro atoms. The van der Waals surface area contributed by atoms with Gasteiger partial charge in [-0.25, -0.2) is 0 Å². The Kier molecular flexibility index (Phi) is 5.33. The van der Waals surface area contributed by atoms with Gasteiger partial charge in [-0.3, -0.25) is 9.78 Å². The molecule has 0 aliphatic carbocycles. The summed E-state index contributed by atoms with van der Waals surface area (Å²) in [5.41, 5.74) is 1.10. The first kappa shape index (κ1) is 14.0. The van der Waals surface area contributed by atoms with Gasteiger partial charge >= 0.3 is 0 Å². The smallest absolute Gasteiger partial charge is 0.220 e. The van der Waals surface area contributed by atoms with Crippen LogP contribution >= 0.6 is 0 Å². The van der Waals surface area contributed by atoms with Crippen molar-refractivity contribution in [2.24, 2.45) is 5.92 Å². The number of carbonyl (C=O) groups excluding carboxylic acids is 1. The third-order valence-electron chi connectivity index (χ3n) is 3.76. The summed E-state index contributed by atoms with van der Waals surface area (Å²) in [4.78, 5) is 15.9. The van der Waals surface area contributed by atoms with Crippen molar-refractivity contribution in [1.29, 1.82) is 0 Å². The minimum Gasteiger partial charge on any atom is -0.350 e. The summed E-state index contributed by atoms with van der Waals surface area (Å²) < 4.78 is 0. The molecule has 1 saturated heterocycles. The van der Waals surface area contributed by atoms with Gasteiger partial charge in [0.05, 0.1) is 6.04 Å². The number of pyridine rings is 1. The van der Waals surface area contributed by atoms with E-state index >= 15 is 0 Å². The van der Waals surface area contributed by atoms with E-state index in [1.165, 1.54) is 12.8 Å². The van der Waals surface area contributed by atoms with Crippen LogP contribution in [0, 0.1) is 5.92 Å². The van der Waals surface area contributed by atoms with Crippen LogP contribution < -0.4 is 10.6 Å². The lowest BCUT2D eigenvalue weighted by molar-refractivity contribution is -0.122. The predicted octanol–water partition coefficient (Wildman–Crippen LogP) is 2.04. The number of nitrogens with zero attached hydrogens (tertiary/aromatic N) is 1. The van der Waals surface area contributed by atoms with E-state index in [1.807, 2.05) is 19.1 Å². The molecular formula is C15H23N3O. The van der Waals surface area contributed by atoms with Crippen molar-refractivity contribution in [3.63, 3.8) is 0 Å². The average molecular weight is 261 g/mol. The number of amides is 1. The van der Waals surface area contributed by atoms with E-state index < -0.39 is 0 Å². The number of nitrogens with one attached hydrogen (secondary N) is 2. The van der Waals surface area contributed by atoms with Gasteiger partial charge in [0.1, 0.15) is 0 Å². The number of hydrogen-bond donors (Lipinski definition) is 2. The molecule has 1 aromatic rings. The number of rotatable bonds is 5. The zero-order valence-electron chi connectivity index (χ0n) is 11.6. The zero-order valence-corrected chi connectivity index (χ0v) is 11.6. The molecule has 2 rings (SSSR count). The fraction of sp³-hybridized carbons (Fsp3) is 0.600.